The van der Waals surface area contributed by atoms with E-state index in [9.17, 15) is 0 Å². The molecular weight excluding hydrogens is 379 g/mol. The standard InChI is InChI=1S/C26H34BN4/c1-3-5-20-27(21-6-4-2)30-22-14-13-19-25(30)29-26(28-23-15-9-7-10-16-23)31(27)24-17-11-8-12-18-24/h7-19,22,28-29H,3-6,20-21H2,1-2H3/q+1. The van der Waals surface area contributed by atoms with E-state index in [0.717, 1.165) is 30.1 Å². The fraction of sp³-hybridized carbons (Fsp3) is 0.308. The molecule has 31 heavy (non-hydrogen) atoms. The molecule has 0 saturated carbocycles. The maximum Gasteiger partial charge on any atom is 0.354 e. The lowest BCUT2D eigenvalue weighted by Crippen LogP contribution is -2.75. The minimum atomic E-state index is -1.06. The number of nitrogens with one attached hydrogen (secondary N) is 2. The molecule has 1 aromatic heterocycles. The van der Waals surface area contributed by atoms with Crippen molar-refractivity contribution in [3.8, 4) is 0 Å². The number of benzene rings is 2. The van der Waals surface area contributed by atoms with E-state index in [-0.39, 0.29) is 0 Å². The Kier molecular flexibility index (Phi) is 6.71. The van der Waals surface area contributed by atoms with Gasteiger partial charge in [0.25, 0.3) is 0 Å². The van der Waals surface area contributed by atoms with E-state index in [4.69, 9.17) is 0 Å². The minimum Gasteiger partial charge on any atom is -0.397 e. The van der Waals surface area contributed by atoms with Crippen molar-refractivity contribution in [1.82, 2.24) is 0 Å². The van der Waals surface area contributed by atoms with Gasteiger partial charge in [0.2, 0.25) is 5.82 Å². The molecule has 2 aromatic carbocycles. The van der Waals surface area contributed by atoms with Crippen LogP contribution in [0.5, 0.6) is 0 Å². The van der Waals surface area contributed by atoms with Crippen LogP contribution in [0.3, 0.4) is 0 Å². The first-order valence-electron chi connectivity index (χ1n) is 11.8. The number of hydrogen-bond acceptors (Lipinski definition) is 2. The molecule has 0 bridgehead atoms. The fourth-order valence-corrected chi connectivity index (χ4v) is 5.01. The zero-order chi connectivity index (χ0) is 21.5. The summed E-state index contributed by atoms with van der Waals surface area (Å²) in [6.07, 6.45) is 8.28. The second-order valence-electron chi connectivity index (χ2n) is 8.58. The van der Waals surface area contributed by atoms with Gasteiger partial charge >= 0.3 is 12.4 Å². The van der Waals surface area contributed by atoms with Crippen LogP contribution in [0.25, 0.3) is 0 Å². The molecule has 0 aliphatic carbocycles. The van der Waals surface area contributed by atoms with Crippen LogP contribution < -0.4 is 15.1 Å². The summed E-state index contributed by atoms with van der Waals surface area (Å²) >= 11 is 0. The number of fused-ring (bicyclic) bond motifs is 1. The van der Waals surface area contributed by atoms with Crippen molar-refractivity contribution in [2.75, 3.05) is 10.6 Å². The lowest BCUT2D eigenvalue weighted by atomic mass is 9.38. The number of hydrogen-bond donors (Lipinski definition) is 2. The van der Waals surface area contributed by atoms with Crippen LogP contribution in [0.15, 0.2) is 85.1 Å². The Hall–Kier alpha value is -3.08. The largest absolute Gasteiger partial charge is 0.397 e. The summed E-state index contributed by atoms with van der Waals surface area (Å²) in [5.41, 5.74) is 2.31. The van der Waals surface area contributed by atoms with Gasteiger partial charge in [-0.05, 0) is 30.3 Å². The summed E-state index contributed by atoms with van der Waals surface area (Å²) in [5.74, 6) is 2.19. The van der Waals surface area contributed by atoms with Crippen LogP contribution in [-0.4, -0.2) is 16.9 Å². The van der Waals surface area contributed by atoms with Gasteiger partial charge in [-0.3, -0.25) is 0 Å². The number of pyridine rings is 1. The summed E-state index contributed by atoms with van der Waals surface area (Å²) in [4.78, 5) is 0. The van der Waals surface area contributed by atoms with Crippen molar-refractivity contribution in [1.29, 1.82) is 0 Å². The van der Waals surface area contributed by atoms with Crippen LogP contribution in [0.1, 0.15) is 39.5 Å². The molecule has 3 aromatic rings. The number of unbranched alkanes of at least 4 members (excludes halogenated alkanes) is 2. The number of para-hydroxylation sites is 2. The lowest BCUT2D eigenvalue weighted by molar-refractivity contribution is -0.605. The van der Waals surface area contributed by atoms with Crippen LogP contribution >= 0.6 is 0 Å². The fourth-order valence-electron chi connectivity index (χ4n) is 5.01. The summed E-state index contributed by atoms with van der Waals surface area (Å²) in [6.45, 7) is 4.59. The molecule has 0 unspecified atom stereocenters. The normalized spacial score (nSPS) is 14.6. The van der Waals surface area contributed by atoms with E-state index in [1.54, 1.807) is 0 Å². The van der Waals surface area contributed by atoms with Gasteiger partial charge in [-0.2, -0.15) is 5.32 Å². The Morgan fingerprint density at radius 1 is 0.774 bits per heavy atom. The summed E-state index contributed by atoms with van der Waals surface area (Å²) in [5, 5.41) is 7.42. The quantitative estimate of drug-likeness (QED) is 0.437. The van der Waals surface area contributed by atoms with Crippen molar-refractivity contribution < 1.29 is 8.96 Å². The number of aromatic nitrogens is 1. The smallest absolute Gasteiger partial charge is 0.354 e. The van der Waals surface area contributed by atoms with Gasteiger partial charge in [0, 0.05) is 12.3 Å². The second-order valence-corrected chi connectivity index (χ2v) is 8.58. The molecule has 160 valence electrons. The summed E-state index contributed by atoms with van der Waals surface area (Å²) < 4.78 is 5.08. The van der Waals surface area contributed by atoms with Crippen LogP contribution in [0, 0.1) is 0 Å². The third kappa shape index (κ3) is 4.36. The van der Waals surface area contributed by atoms with Crippen LogP contribution in [-0.2, 0) is 0 Å². The van der Waals surface area contributed by atoms with Gasteiger partial charge in [-0.1, -0.05) is 94.6 Å². The Morgan fingerprint density at radius 3 is 2.03 bits per heavy atom. The van der Waals surface area contributed by atoms with Gasteiger partial charge in [0.05, 0.1) is 11.4 Å². The predicted molar refractivity (Wildman–Crippen MR) is 132 cm³/mol. The third-order valence-corrected chi connectivity index (χ3v) is 6.49. The van der Waals surface area contributed by atoms with E-state index in [1.165, 1.54) is 31.4 Å². The molecule has 0 amide bonds. The molecular formula is C26H34BN4+. The van der Waals surface area contributed by atoms with E-state index < -0.39 is 6.42 Å². The first-order chi connectivity index (χ1) is 15.3. The molecule has 0 fully saturated rings. The van der Waals surface area contributed by atoms with E-state index >= 15 is 0 Å². The molecule has 2 heterocycles. The average molecular weight is 413 g/mol. The third-order valence-electron chi connectivity index (χ3n) is 6.49. The average Bonchev–Trinajstić information content (AvgIpc) is 2.82. The summed E-state index contributed by atoms with van der Waals surface area (Å²) in [6, 6.07) is 27.8. The van der Waals surface area contributed by atoms with Gasteiger partial charge < -0.3 is 8.96 Å². The Balaban J connectivity index is 1.95. The van der Waals surface area contributed by atoms with Crippen molar-refractivity contribution in [3.05, 3.63) is 85.1 Å². The summed E-state index contributed by atoms with van der Waals surface area (Å²) in [7, 11) is 0. The highest BCUT2D eigenvalue weighted by Gasteiger charge is 2.46. The van der Waals surface area contributed by atoms with Gasteiger partial charge in [0.15, 0.2) is 0 Å². The molecule has 0 radical (unpaired) electrons. The highest BCUT2D eigenvalue weighted by atomic mass is 15.3. The van der Waals surface area contributed by atoms with Crippen molar-refractivity contribution >= 4 is 29.6 Å². The van der Waals surface area contributed by atoms with Crippen LogP contribution in [0.2, 0.25) is 12.6 Å². The molecule has 0 saturated heterocycles. The Labute approximate surface area is 186 Å². The number of guanidine groups is 1. The first-order valence-corrected chi connectivity index (χ1v) is 11.8. The SMILES string of the molecule is CCCC[B-]1(CCCC)[N+](c2ccccc2)=C(Nc2ccccc2)Nc2cccc[n+]21. The molecule has 5 heteroatoms. The van der Waals surface area contributed by atoms with Gasteiger partial charge in [0.1, 0.15) is 0 Å². The highest BCUT2D eigenvalue weighted by Crippen LogP contribution is 2.31. The zero-order valence-corrected chi connectivity index (χ0v) is 18.8. The molecule has 4 nitrogen and oxygen atoms in total. The van der Waals surface area contributed by atoms with Crippen LogP contribution in [0.4, 0.5) is 17.2 Å². The number of anilines is 2. The number of nitrogens with zero attached hydrogens (tertiary/aromatic N) is 2. The van der Waals surface area contributed by atoms with Crippen molar-refractivity contribution in [2.24, 2.45) is 0 Å². The monoisotopic (exact) mass is 413 g/mol. The molecule has 1 aliphatic heterocycles. The lowest BCUT2D eigenvalue weighted by Gasteiger charge is -2.43. The molecule has 4 rings (SSSR count). The van der Waals surface area contributed by atoms with Gasteiger partial charge in [-0.25, -0.2) is 5.32 Å². The Bertz CT molecular complexity index is 1010. The maximum atomic E-state index is 3.71. The molecule has 0 atom stereocenters. The van der Waals surface area contributed by atoms with Crippen molar-refractivity contribution in [3.63, 3.8) is 0 Å². The molecule has 0 spiro atoms. The first kappa shape index (κ1) is 21.2. The predicted octanol–water partition coefficient (Wildman–Crippen LogP) is 6.10. The second kappa shape index (κ2) is 9.82. The molecule has 2 N–H and O–H groups in total. The Morgan fingerprint density at radius 2 is 1.39 bits per heavy atom. The maximum absolute atomic E-state index is 3.71. The van der Waals surface area contributed by atoms with E-state index in [1.807, 2.05) is 0 Å². The van der Waals surface area contributed by atoms with E-state index in [2.05, 4.69) is 119 Å². The minimum absolute atomic E-state index is 1.04. The topological polar surface area (TPSA) is 30.9 Å². The molecule has 1 aliphatic rings. The zero-order valence-electron chi connectivity index (χ0n) is 18.8. The van der Waals surface area contributed by atoms with E-state index in [0.29, 0.717) is 0 Å². The van der Waals surface area contributed by atoms with Crippen molar-refractivity contribution in [2.45, 2.75) is 52.2 Å². The van der Waals surface area contributed by atoms with Gasteiger partial charge in [-0.15, -0.1) is 0 Å². The highest BCUT2D eigenvalue weighted by molar-refractivity contribution is 6.65. The number of rotatable bonds is 8.